The molecule has 0 unspecified atom stereocenters. The number of nitrogens with zero attached hydrogens (tertiary/aromatic N) is 2. The molecular weight excluding hydrogens is 305 g/mol. The molecule has 0 saturated carbocycles. The molecule has 0 aliphatic rings. The highest BCUT2D eigenvalue weighted by Crippen LogP contribution is 2.11. The van der Waals surface area contributed by atoms with Crippen molar-refractivity contribution < 1.29 is 9.18 Å². The van der Waals surface area contributed by atoms with Crippen LogP contribution in [0.25, 0.3) is 0 Å². The Balaban J connectivity index is 1.60. The molecule has 122 valence electrons. The molecule has 1 N–H and O–H groups in total. The maximum absolute atomic E-state index is 13.3. The van der Waals surface area contributed by atoms with E-state index >= 15 is 0 Å². The zero-order valence-corrected chi connectivity index (χ0v) is 13.4. The molecule has 1 aromatic heterocycles. The van der Waals surface area contributed by atoms with Gasteiger partial charge in [0.15, 0.2) is 0 Å². The van der Waals surface area contributed by atoms with Crippen molar-refractivity contribution in [2.75, 3.05) is 0 Å². The van der Waals surface area contributed by atoms with Crippen LogP contribution < -0.4 is 5.32 Å². The lowest BCUT2D eigenvalue weighted by Gasteiger charge is -2.09. The molecule has 0 atom stereocenters. The van der Waals surface area contributed by atoms with E-state index in [-0.39, 0.29) is 5.91 Å². The molecule has 5 heteroatoms. The van der Waals surface area contributed by atoms with Crippen LogP contribution in [0.2, 0.25) is 0 Å². The summed E-state index contributed by atoms with van der Waals surface area (Å²) in [5.74, 6) is -0.677. The van der Waals surface area contributed by atoms with E-state index in [0.29, 0.717) is 12.1 Å². The summed E-state index contributed by atoms with van der Waals surface area (Å²) in [7, 11) is 0. The van der Waals surface area contributed by atoms with E-state index in [1.807, 2.05) is 35.0 Å². The van der Waals surface area contributed by atoms with Crippen LogP contribution in [0.15, 0.2) is 61.2 Å². The molecule has 0 aliphatic carbocycles. The molecule has 3 aromatic rings. The molecule has 0 radical (unpaired) electrons. The second kappa shape index (κ2) is 7.08. The Bertz CT molecular complexity index is 826. The van der Waals surface area contributed by atoms with Gasteiger partial charge in [0, 0.05) is 31.0 Å². The SMILES string of the molecule is Cc1ccc(F)cc1C(=O)NCc1ccc(Cn2ccnc2)cc1. The molecule has 0 bridgehead atoms. The first-order valence-corrected chi connectivity index (χ1v) is 7.70. The summed E-state index contributed by atoms with van der Waals surface area (Å²) in [5.41, 5.74) is 3.27. The third kappa shape index (κ3) is 3.87. The van der Waals surface area contributed by atoms with E-state index in [4.69, 9.17) is 0 Å². The average Bonchev–Trinajstić information content (AvgIpc) is 3.09. The highest BCUT2D eigenvalue weighted by molar-refractivity contribution is 5.95. The highest BCUT2D eigenvalue weighted by Gasteiger charge is 2.09. The number of carbonyl (C=O) groups is 1. The summed E-state index contributed by atoms with van der Waals surface area (Å²) in [6, 6.07) is 12.2. The molecular formula is C19H18FN3O. The number of aryl methyl sites for hydroxylation is 1. The zero-order chi connectivity index (χ0) is 16.9. The Morgan fingerprint density at radius 3 is 2.62 bits per heavy atom. The summed E-state index contributed by atoms with van der Waals surface area (Å²) in [6.45, 7) is 2.95. The third-order valence-electron chi connectivity index (χ3n) is 3.84. The average molecular weight is 323 g/mol. The quantitative estimate of drug-likeness (QED) is 0.783. The van der Waals surface area contributed by atoms with Crippen LogP contribution in [0.1, 0.15) is 27.0 Å². The van der Waals surface area contributed by atoms with Crippen molar-refractivity contribution in [3.8, 4) is 0 Å². The Morgan fingerprint density at radius 2 is 1.92 bits per heavy atom. The van der Waals surface area contributed by atoms with Gasteiger partial charge in [0.1, 0.15) is 5.82 Å². The number of amides is 1. The number of nitrogens with one attached hydrogen (secondary N) is 1. The summed E-state index contributed by atoms with van der Waals surface area (Å²) in [5, 5.41) is 2.83. The maximum atomic E-state index is 13.3. The van der Waals surface area contributed by atoms with Gasteiger partial charge in [0.25, 0.3) is 5.91 Å². The maximum Gasteiger partial charge on any atom is 0.251 e. The third-order valence-corrected chi connectivity index (χ3v) is 3.84. The zero-order valence-electron chi connectivity index (χ0n) is 13.4. The van der Waals surface area contributed by atoms with Gasteiger partial charge in [-0.2, -0.15) is 0 Å². The van der Waals surface area contributed by atoms with Crippen molar-refractivity contribution in [3.05, 3.63) is 89.3 Å². The van der Waals surface area contributed by atoms with Crippen LogP contribution in [0.5, 0.6) is 0 Å². The van der Waals surface area contributed by atoms with Crippen molar-refractivity contribution in [3.63, 3.8) is 0 Å². The molecule has 0 saturated heterocycles. The van der Waals surface area contributed by atoms with Crippen LogP contribution in [-0.4, -0.2) is 15.5 Å². The molecule has 0 aliphatic heterocycles. The van der Waals surface area contributed by atoms with Crippen LogP contribution >= 0.6 is 0 Å². The minimum absolute atomic E-state index is 0.269. The molecule has 3 rings (SSSR count). The standard InChI is InChI=1S/C19H18FN3O/c1-14-2-7-17(20)10-18(14)19(24)22-11-15-3-5-16(6-4-15)12-23-9-8-21-13-23/h2-10,13H,11-12H2,1H3,(H,22,24). The first-order valence-electron chi connectivity index (χ1n) is 7.70. The summed E-state index contributed by atoms with van der Waals surface area (Å²) in [6.07, 6.45) is 5.43. The lowest BCUT2D eigenvalue weighted by Crippen LogP contribution is -2.23. The first-order chi connectivity index (χ1) is 11.6. The van der Waals surface area contributed by atoms with E-state index in [2.05, 4.69) is 10.3 Å². The van der Waals surface area contributed by atoms with Crippen LogP contribution in [0.3, 0.4) is 0 Å². The van der Waals surface area contributed by atoms with Gasteiger partial charge < -0.3 is 9.88 Å². The summed E-state index contributed by atoms with van der Waals surface area (Å²) in [4.78, 5) is 16.2. The fourth-order valence-electron chi connectivity index (χ4n) is 2.47. The van der Waals surface area contributed by atoms with Gasteiger partial charge in [-0.15, -0.1) is 0 Å². The normalized spacial score (nSPS) is 10.6. The Kier molecular flexibility index (Phi) is 4.70. The van der Waals surface area contributed by atoms with E-state index in [0.717, 1.165) is 23.2 Å². The molecule has 24 heavy (non-hydrogen) atoms. The van der Waals surface area contributed by atoms with E-state index in [9.17, 15) is 9.18 Å². The van der Waals surface area contributed by atoms with Crippen molar-refractivity contribution in [2.24, 2.45) is 0 Å². The van der Waals surface area contributed by atoms with Gasteiger partial charge >= 0.3 is 0 Å². The predicted octanol–water partition coefficient (Wildman–Crippen LogP) is 3.31. The monoisotopic (exact) mass is 323 g/mol. The first kappa shape index (κ1) is 15.9. The van der Waals surface area contributed by atoms with Gasteiger partial charge in [-0.1, -0.05) is 30.3 Å². The molecule has 1 heterocycles. The molecule has 2 aromatic carbocycles. The van der Waals surface area contributed by atoms with Crippen LogP contribution in [0, 0.1) is 12.7 Å². The van der Waals surface area contributed by atoms with E-state index in [1.165, 1.54) is 12.1 Å². The minimum Gasteiger partial charge on any atom is -0.348 e. The number of imidazole rings is 1. The number of halogens is 1. The van der Waals surface area contributed by atoms with Gasteiger partial charge in [-0.25, -0.2) is 9.37 Å². The number of carbonyl (C=O) groups excluding carboxylic acids is 1. The fraction of sp³-hybridized carbons (Fsp3) is 0.158. The van der Waals surface area contributed by atoms with Gasteiger partial charge in [-0.05, 0) is 35.7 Å². The van der Waals surface area contributed by atoms with Gasteiger partial charge in [-0.3, -0.25) is 4.79 Å². The number of benzene rings is 2. The number of hydrogen-bond acceptors (Lipinski definition) is 2. The number of aromatic nitrogens is 2. The Labute approximate surface area is 140 Å². The lowest BCUT2D eigenvalue weighted by atomic mass is 10.1. The molecule has 4 nitrogen and oxygen atoms in total. The van der Waals surface area contributed by atoms with Crippen molar-refractivity contribution in [1.29, 1.82) is 0 Å². The highest BCUT2D eigenvalue weighted by atomic mass is 19.1. The van der Waals surface area contributed by atoms with Crippen molar-refractivity contribution in [2.45, 2.75) is 20.0 Å². The fourth-order valence-corrected chi connectivity index (χ4v) is 2.47. The smallest absolute Gasteiger partial charge is 0.251 e. The van der Waals surface area contributed by atoms with E-state index < -0.39 is 5.82 Å². The van der Waals surface area contributed by atoms with E-state index in [1.54, 1.807) is 25.5 Å². The molecule has 0 fully saturated rings. The van der Waals surface area contributed by atoms with Crippen molar-refractivity contribution in [1.82, 2.24) is 14.9 Å². The Hall–Kier alpha value is -2.95. The van der Waals surface area contributed by atoms with Gasteiger partial charge in [0.05, 0.1) is 6.33 Å². The number of hydrogen-bond donors (Lipinski definition) is 1. The minimum atomic E-state index is -0.408. The second-order valence-corrected chi connectivity index (χ2v) is 5.69. The lowest BCUT2D eigenvalue weighted by molar-refractivity contribution is 0.0950. The summed E-state index contributed by atoms with van der Waals surface area (Å²) >= 11 is 0. The van der Waals surface area contributed by atoms with Crippen LogP contribution in [-0.2, 0) is 13.1 Å². The summed E-state index contributed by atoms with van der Waals surface area (Å²) < 4.78 is 15.3. The predicted molar refractivity (Wildman–Crippen MR) is 90.1 cm³/mol. The van der Waals surface area contributed by atoms with Crippen LogP contribution in [0.4, 0.5) is 4.39 Å². The number of rotatable bonds is 5. The van der Waals surface area contributed by atoms with Crippen molar-refractivity contribution >= 4 is 5.91 Å². The Morgan fingerprint density at radius 1 is 1.17 bits per heavy atom. The molecule has 0 spiro atoms. The molecule has 1 amide bonds. The largest absolute Gasteiger partial charge is 0.348 e. The van der Waals surface area contributed by atoms with Gasteiger partial charge in [0.2, 0.25) is 0 Å². The second-order valence-electron chi connectivity index (χ2n) is 5.69. The topological polar surface area (TPSA) is 46.9 Å².